The molecule has 2 heterocycles. The van der Waals surface area contributed by atoms with E-state index >= 15 is 0 Å². The lowest BCUT2D eigenvalue weighted by Crippen LogP contribution is -2.42. The number of aliphatic hydroxyl groups excluding tert-OH is 1. The molecule has 8 nitrogen and oxygen atoms in total. The summed E-state index contributed by atoms with van der Waals surface area (Å²) in [7, 11) is 1.66. The SMILES string of the molecule is CCC[C@@H](CCO)Nc1cc(N)cc2c(F)nn(Cc3ccc(CN4CCNCC4)cc3OC)c12. The standard InChI is InChI=1S/C26H37FN6O2/c1-3-4-21(7-12-34)30-23-15-20(28)14-22-25(23)33(31-26(22)27)17-19-6-5-18(13-24(19)35-2)16-32-10-8-29-9-11-32/h5-6,13-15,21,29-30,34H,3-4,7-12,16-17,28H2,1-2H3/t21-/m0/s1. The van der Waals surface area contributed by atoms with Gasteiger partial charge in [-0.1, -0.05) is 25.5 Å². The summed E-state index contributed by atoms with van der Waals surface area (Å²) in [5.41, 5.74) is 10.0. The highest BCUT2D eigenvalue weighted by molar-refractivity contribution is 5.94. The summed E-state index contributed by atoms with van der Waals surface area (Å²) in [6.45, 7) is 7.46. The Hall–Kier alpha value is -2.88. The van der Waals surface area contributed by atoms with Crippen LogP contribution >= 0.6 is 0 Å². The van der Waals surface area contributed by atoms with Crippen molar-refractivity contribution in [3.8, 4) is 5.75 Å². The number of benzene rings is 2. The smallest absolute Gasteiger partial charge is 0.240 e. The molecule has 1 aromatic heterocycles. The van der Waals surface area contributed by atoms with Crippen LogP contribution in [0.3, 0.4) is 0 Å². The van der Waals surface area contributed by atoms with E-state index in [1.165, 1.54) is 5.56 Å². The lowest BCUT2D eigenvalue weighted by Gasteiger charge is -2.27. The fourth-order valence-corrected chi connectivity index (χ4v) is 4.85. The average Bonchev–Trinajstić information content (AvgIpc) is 3.16. The summed E-state index contributed by atoms with van der Waals surface area (Å²) < 4.78 is 22.3. The second-order valence-electron chi connectivity index (χ2n) is 9.23. The van der Waals surface area contributed by atoms with Gasteiger partial charge in [-0.3, -0.25) is 9.58 Å². The number of halogens is 1. The van der Waals surface area contributed by atoms with Crippen LogP contribution in [0.15, 0.2) is 30.3 Å². The maximum atomic E-state index is 14.9. The van der Waals surface area contributed by atoms with Crippen LogP contribution in [0, 0.1) is 5.95 Å². The number of piperazine rings is 1. The van der Waals surface area contributed by atoms with Crippen molar-refractivity contribution in [1.29, 1.82) is 0 Å². The van der Waals surface area contributed by atoms with Gasteiger partial charge >= 0.3 is 0 Å². The van der Waals surface area contributed by atoms with Gasteiger partial charge in [-0.2, -0.15) is 4.39 Å². The summed E-state index contributed by atoms with van der Waals surface area (Å²) in [6.07, 6.45) is 2.45. The molecule has 190 valence electrons. The van der Waals surface area contributed by atoms with E-state index in [1.807, 2.05) is 12.1 Å². The highest BCUT2D eigenvalue weighted by Gasteiger charge is 2.19. The van der Waals surface area contributed by atoms with E-state index in [1.54, 1.807) is 17.9 Å². The number of aromatic nitrogens is 2. The maximum Gasteiger partial charge on any atom is 0.240 e. The third kappa shape index (κ3) is 6.04. The Morgan fingerprint density at radius 1 is 1.20 bits per heavy atom. The quantitative estimate of drug-likeness (QED) is 0.310. The third-order valence-electron chi connectivity index (χ3n) is 6.58. The number of nitrogen functional groups attached to an aromatic ring is 1. The van der Waals surface area contributed by atoms with Gasteiger partial charge < -0.3 is 26.2 Å². The molecule has 2 aromatic carbocycles. The number of hydrogen-bond donors (Lipinski definition) is 4. The highest BCUT2D eigenvalue weighted by atomic mass is 19.1. The monoisotopic (exact) mass is 484 g/mol. The second-order valence-corrected chi connectivity index (χ2v) is 9.23. The molecule has 0 bridgehead atoms. The van der Waals surface area contributed by atoms with E-state index in [0.717, 1.165) is 62.6 Å². The van der Waals surface area contributed by atoms with Gasteiger partial charge in [0.15, 0.2) is 0 Å². The molecule has 0 spiro atoms. The molecule has 0 saturated carbocycles. The van der Waals surface area contributed by atoms with Gasteiger partial charge in [0.25, 0.3) is 0 Å². The number of hydrogen-bond acceptors (Lipinski definition) is 7. The number of nitrogens with one attached hydrogen (secondary N) is 2. The molecule has 1 saturated heterocycles. The molecular formula is C26H37FN6O2. The van der Waals surface area contributed by atoms with Crippen molar-refractivity contribution in [1.82, 2.24) is 20.0 Å². The normalized spacial score (nSPS) is 15.4. The molecule has 0 unspecified atom stereocenters. The Labute approximate surface area is 206 Å². The Balaban J connectivity index is 1.64. The number of fused-ring (bicyclic) bond motifs is 1. The minimum absolute atomic E-state index is 0.0558. The number of aliphatic hydroxyl groups is 1. The van der Waals surface area contributed by atoms with Crippen LogP contribution in [0.2, 0.25) is 0 Å². The molecule has 4 rings (SSSR count). The number of methoxy groups -OCH3 is 1. The zero-order valence-corrected chi connectivity index (χ0v) is 20.7. The third-order valence-corrected chi connectivity index (χ3v) is 6.58. The predicted molar refractivity (Wildman–Crippen MR) is 138 cm³/mol. The molecule has 1 aliphatic rings. The first kappa shape index (κ1) is 25.2. The van der Waals surface area contributed by atoms with Crippen molar-refractivity contribution in [2.45, 2.75) is 45.3 Å². The number of nitrogens with two attached hydrogens (primary N) is 1. The zero-order chi connectivity index (χ0) is 24.8. The van der Waals surface area contributed by atoms with Gasteiger partial charge in [0, 0.05) is 56.6 Å². The molecule has 35 heavy (non-hydrogen) atoms. The topological polar surface area (TPSA) is 101 Å². The molecule has 3 aromatic rings. The van der Waals surface area contributed by atoms with Crippen molar-refractivity contribution < 1.29 is 14.2 Å². The minimum Gasteiger partial charge on any atom is -0.496 e. The van der Waals surface area contributed by atoms with Gasteiger partial charge in [-0.05, 0) is 36.6 Å². The van der Waals surface area contributed by atoms with E-state index < -0.39 is 5.95 Å². The highest BCUT2D eigenvalue weighted by Crippen LogP contribution is 2.32. The summed E-state index contributed by atoms with van der Waals surface area (Å²) in [5.74, 6) is 0.203. The van der Waals surface area contributed by atoms with Gasteiger partial charge in [0.1, 0.15) is 5.75 Å². The summed E-state index contributed by atoms with van der Waals surface area (Å²) in [6, 6.07) is 9.70. The van der Waals surface area contributed by atoms with Crippen LogP contribution in [0.1, 0.15) is 37.3 Å². The van der Waals surface area contributed by atoms with Gasteiger partial charge in [0.2, 0.25) is 5.95 Å². The van der Waals surface area contributed by atoms with Gasteiger partial charge in [-0.25, -0.2) is 0 Å². The Bertz CT molecular complexity index is 1120. The maximum absolute atomic E-state index is 14.9. The lowest BCUT2D eigenvalue weighted by molar-refractivity contribution is 0.233. The lowest BCUT2D eigenvalue weighted by atomic mass is 10.1. The molecule has 9 heteroatoms. The van der Waals surface area contributed by atoms with Gasteiger partial charge in [0.05, 0.1) is 30.2 Å². The van der Waals surface area contributed by atoms with Crippen LogP contribution in [-0.4, -0.2) is 65.7 Å². The number of rotatable bonds is 11. The second kappa shape index (κ2) is 11.7. The van der Waals surface area contributed by atoms with Crippen LogP contribution in [0.4, 0.5) is 15.8 Å². The zero-order valence-electron chi connectivity index (χ0n) is 20.7. The molecule has 5 N–H and O–H groups in total. The molecule has 1 fully saturated rings. The van der Waals surface area contributed by atoms with Crippen LogP contribution in [-0.2, 0) is 13.1 Å². The first-order chi connectivity index (χ1) is 17.0. The van der Waals surface area contributed by atoms with Crippen molar-refractivity contribution in [2.75, 3.05) is 50.9 Å². The molecule has 0 amide bonds. The van der Waals surface area contributed by atoms with Crippen molar-refractivity contribution in [3.63, 3.8) is 0 Å². The fourth-order valence-electron chi connectivity index (χ4n) is 4.85. The van der Waals surface area contributed by atoms with Crippen molar-refractivity contribution >= 4 is 22.3 Å². The average molecular weight is 485 g/mol. The number of nitrogens with zero attached hydrogens (tertiary/aromatic N) is 3. The van der Waals surface area contributed by atoms with Crippen molar-refractivity contribution in [3.05, 3.63) is 47.4 Å². The summed E-state index contributed by atoms with van der Waals surface area (Å²) >= 11 is 0. The van der Waals surface area contributed by atoms with E-state index in [0.29, 0.717) is 29.6 Å². The molecule has 0 aliphatic carbocycles. The Morgan fingerprint density at radius 2 is 2.00 bits per heavy atom. The van der Waals surface area contributed by atoms with E-state index in [4.69, 9.17) is 10.5 Å². The van der Waals surface area contributed by atoms with Gasteiger partial charge in [-0.15, -0.1) is 5.10 Å². The van der Waals surface area contributed by atoms with E-state index in [9.17, 15) is 9.50 Å². The van der Waals surface area contributed by atoms with Crippen LogP contribution in [0.25, 0.3) is 10.9 Å². The van der Waals surface area contributed by atoms with Crippen molar-refractivity contribution in [2.24, 2.45) is 0 Å². The summed E-state index contributed by atoms with van der Waals surface area (Å²) in [5, 5.41) is 20.9. The van der Waals surface area contributed by atoms with Crippen LogP contribution in [0.5, 0.6) is 5.75 Å². The largest absolute Gasteiger partial charge is 0.496 e. The van der Waals surface area contributed by atoms with Crippen LogP contribution < -0.4 is 21.1 Å². The number of ether oxygens (including phenoxy) is 1. The molecular weight excluding hydrogens is 447 g/mol. The first-order valence-corrected chi connectivity index (χ1v) is 12.4. The molecule has 1 atom stereocenters. The fraction of sp³-hybridized carbons (Fsp3) is 0.500. The number of anilines is 2. The predicted octanol–water partition coefficient (Wildman–Crippen LogP) is 3.18. The molecule has 1 aliphatic heterocycles. The summed E-state index contributed by atoms with van der Waals surface area (Å²) in [4.78, 5) is 2.42. The molecule has 0 radical (unpaired) electrons. The first-order valence-electron chi connectivity index (χ1n) is 12.4. The Kier molecular flexibility index (Phi) is 8.43. The van der Waals surface area contributed by atoms with E-state index in [-0.39, 0.29) is 12.6 Å². The van der Waals surface area contributed by atoms with E-state index in [2.05, 4.69) is 39.7 Å². The Morgan fingerprint density at radius 3 is 2.71 bits per heavy atom. The minimum atomic E-state index is -0.557.